The second-order valence-electron chi connectivity index (χ2n) is 4.47. The number of nitrogens with zero attached hydrogens (tertiary/aromatic N) is 4. The molecule has 0 bridgehead atoms. The molecule has 0 aliphatic carbocycles. The van der Waals surface area contributed by atoms with Crippen molar-refractivity contribution in [2.45, 2.75) is 39.3 Å². The smallest absolute Gasteiger partial charge is 0.151 e. The lowest BCUT2D eigenvalue weighted by Gasteiger charge is -2.18. The lowest BCUT2D eigenvalue weighted by molar-refractivity contribution is 0.498. The Kier molecular flexibility index (Phi) is 5.03. The Morgan fingerprint density at radius 1 is 1.16 bits per heavy atom. The SMILES string of the molecule is CCCNC(c1ncccn1)c1ccnn1CCC. The predicted molar refractivity (Wildman–Crippen MR) is 74.7 cm³/mol. The van der Waals surface area contributed by atoms with Crippen molar-refractivity contribution in [3.8, 4) is 0 Å². The summed E-state index contributed by atoms with van der Waals surface area (Å²) < 4.78 is 2.03. The Bertz CT molecular complexity index is 480. The van der Waals surface area contributed by atoms with Gasteiger partial charge in [0.2, 0.25) is 0 Å². The molecule has 5 nitrogen and oxygen atoms in total. The van der Waals surface area contributed by atoms with Gasteiger partial charge in [-0.05, 0) is 31.5 Å². The van der Waals surface area contributed by atoms with Crippen molar-refractivity contribution in [2.75, 3.05) is 6.54 Å². The molecule has 1 atom stereocenters. The third-order valence-corrected chi connectivity index (χ3v) is 2.92. The molecule has 19 heavy (non-hydrogen) atoms. The number of hydrogen-bond donors (Lipinski definition) is 1. The molecule has 1 unspecified atom stereocenters. The van der Waals surface area contributed by atoms with Crippen molar-refractivity contribution in [3.05, 3.63) is 42.2 Å². The molecule has 2 aromatic rings. The van der Waals surface area contributed by atoms with Gasteiger partial charge in [-0.3, -0.25) is 4.68 Å². The van der Waals surface area contributed by atoms with Crippen LogP contribution in [0.15, 0.2) is 30.7 Å². The molecule has 0 fully saturated rings. The van der Waals surface area contributed by atoms with E-state index in [9.17, 15) is 0 Å². The Balaban J connectivity index is 2.29. The Hall–Kier alpha value is -1.75. The zero-order chi connectivity index (χ0) is 13.5. The number of aromatic nitrogens is 4. The monoisotopic (exact) mass is 259 g/mol. The lowest BCUT2D eigenvalue weighted by atomic mass is 10.1. The van der Waals surface area contributed by atoms with Gasteiger partial charge in [0, 0.05) is 25.1 Å². The summed E-state index contributed by atoms with van der Waals surface area (Å²) in [7, 11) is 0. The molecule has 2 rings (SSSR count). The minimum absolute atomic E-state index is 0.00944. The summed E-state index contributed by atoms with van der Waals surface area (Å²) >= 11 is 0. The topological polar surface area (TPSA) is 55.6 Å². The van der Waals surface area contributed by atoms with Gasteiger partial charge < -0.3 is 5.32 Å². The fraction of sp³-hybridized carbons (Fsp3) is 0.500. The first kappa shape index (κ1) is 13.7. The molecule has 0 aliphatic heterocycles. The highest BCUT2D eigenvalue weighted by Crippen LogP contribution is 2.18. The van der Waals surface area contributed by atoms with E-state index in [-0.39, 0.29) is 6.04 Å². The first-order valence-corrected chi connectivity index (χ1v) is 6.88. The third kappa shape index (κ3) is 3.38. The van der Waals surface area contributed by atoms with Gasteiger partial charge in [-0.15, -0.1) is 0 Å². The van der Waals surface area contributed by atoms with Crippen LogP contribution in [-0.4, -0.2) is 26.3 Å². The maximum atomic E-state index is 4.38. The lowest BCUT2D eigenvalue weighted by Crippen LogP contribution is -2.27. The second-order valence-corrected chi connectivity index (χ2v) is 4.47. The summed E-state index contributed by atoms with van der Waals surface area (Å²) in [6, 6.07) is 3.89. The zero-order valence-corrected chi connectivity index (χ0v) is 11.6. The maximum absolute atomic E-state index is 4.38. The number of hydrogen-bond acceptors (Lipinski definition) is 4. The summed E-state index contributed by atoms with van der Waals surface area (Å²) in [6.45, 7) is 6.15. The van der Waals surface area contributed by atoms with Gasteiger partial charge in [0.05, 0.1) is 5.69 Å². The molecule has 0 amide bonds. The van der Waals surface area contributed by atoms with E-state index in [4.69, 9.17) is 0 Å². The first-order valence-electron chi connectivity index (χ1n) is 6.88. The van der Waals surface area contributed by atoms with Gasteiger partial charge in [-0.25, -0.2) is 9.97 Å². The number of aryl methyl sites for hydroxylation is 1. The van der Waals surface area contributed by atoms with Gasteiger partial charge in [0.1, 0.15) is 6.04 Å². The highest BCUT2D eigenvalue weighted by atomic mass is 15.3. The molecule has 1 N–H and O–H groups in total. The summed E-state index contributed by atoms with van der Waals surface area (Å²) in [5, 5.41) is 7.88. The van der Waals surface area contributed by atoms with Crippen LogP contribution in [-0.2, 0) is 6.54 Å². The van der Waals surface area contributed by atoms with E-state index in [2.05, 4.69) is 34.2 Å². The fourth-order valence-corrected chi connectivity index (χ4v) is 2.06. The molecule has 0 radical (unpaired) electrons. The summed E-state index contributed by atoms with van der Waals surface area (Å²) in [5.74, 6) is 0.800. The average Bonchev–Trinajstić information content (AvgIpc) is 2.89. The van der Waals surface area contributed by atoms with Crippen LogP contribution in [0.3, 0.4) is 0 Å². The van der Waals surface area contributed by atoms with Crippen LogP contribution in [0, 0.1) is 0 Å². The van der Waals surface area contributed by atoms with Crippen molar-refractivity contribution in [3.63, 3.8) is 0 Å². The molecule has 0 saturated heterocycles. The fourth-order valence-electron chi connectivity index (χ4n) is 2.06. The highest BCUT2D eigenvalue weighted by Gasteiger charge is 2.19. The molecular weight excluding hydrogens is 238 g/mol. The van der Waals surface area contributed by atoms with Crippen LogP contribution in [0.1, 0.15) is 44.2 Å². The molecule has 0 spiro atoms. The van der Waals surface area contributed by atoms with E-state index in [0.29, 0.717) is 0 Å². The molecular formula is C14H21N5. The summed E-state index contributed by atoms with van der Waals surface area (Å²) in [5.41, 5.74) is 1.13. The predicted octanol–water partition coefficient (Wildman–Crippen LogP) is 2.17. The van der Waals surface area contributed by atoms with Crippen molar-refractivity contribution in [1.29, 1.82) is 0 Å². The van der Waals surface area contributed by atoms with E-state index in [1.165, 1.54) is 0 Å². The van der Waals surface area contributed by atoms with E-state index in [1.807, 2.05) is 23.0 Å². The molecule has 2 aromatic heterocycles. The van der Waals surface area contributed by atoms with Crippen LogP contribution >= 0.6 is 0 Å². The standard InChI is InChI=1S/C14H21N5/c1-3-7-15-13(14-16-8-5-9-17-14)12-6-10-18-19(12)11-4-2/h5-6,8-10,13,15H,3-4,7,11H2,1-2H3. The van der Waals surface area contributed by atoms with Crippen LogP contribution in [0.25, 0.3) is 0 Å². The third-order valence-electron chi connectivity index (χ3n) is 2.92. The normalized spacial score (nSPS) is 12.5. The molecule has 0 aliphatic rings. The van der Waals surface area contributed by atoms with Gasteiger partial charge in [0.25, 0.3) is 0 Å². The van der Waals surface area contributed by atoms with Crippen LogP contribution in [0.2, 0.25) is 0 Å². The van der Waals surface area contributed by atoms with Gasteiger partial charge >= 0.3 is 0 Å². The van der Waals surface area contributed by atoms with Crippen LogP contribution in [0.4, 0.5) is 0 Å². The molecule has 2 heterocycles. The van der Waals surface area contributed by atoms with Crippen molar-refractivity contribution in [1.82, 2.24) is 25.1 Å². The molecule has 0 saturated carbocycles. The Morgan fingerprint density at radius 3 is 2.63 bits per heavy atom. The van der Waals surface area contributed by atoms with Crippen LogP contribution in [0.5, 0.6) is 0 Å². The zero-order valence-electron chi connectivity index (χ0n) is 11.6. The second kappa shape index (κ2) is 6.99. The Labute approximate surface area is 114 Å². The van der Waals surface area contributed by atoms with Crippen molar-refractivity contribution in [2.24, 2.45) is 0 Å². The van der Waals surface area contributed by atoms with Crippen molar-refractivity contribution >= 4 is 0 Å². The average molecular weight is 259 g/mol. The van der Waals surface area contributed by atoms with Crippen molar-refractivity contribution < 1.29 is 0 Å². The minimum atomic E-state index is 0.00944. The number of nitrogens with one attached hydrogen (secondary N) is 1. The molecule has 102 valence electrons. The minimum Gasteiger partial charge on any atom is -0.302 e. The quantitative estimate of drug-likeness (QED) is 0.828. The van der Waals surface area contributed by atoms with Gasteiger partial charge in [-0.1, -0.05) is 13.8 Å². The van der Waals surface area contributed by atoms with E-state index >= 15 is 0 Å². The largest absolute Gasteiger partial charge is 0.302 e. The molecule has 0 aromatic carbocycles. The van der Waals surface area contributed by atoms with E-state index in [1.54, 1.807) is 12.4 Å². The number of rotatable bonds is 7. The van der Waals surface area contributed by atoms with E-state index < -0.39 is 0 Å². The van der Waals surface area contributed by atoms with Crippen LogP contribution < -0.4 is 5.32 Å². The van der Waals surface area contributed by atoms with Gasteiger partial charge in [-0.2, -0.15) is 5.10 Å². The highest BCUT2D eigenvalue weighted by molar-refractivity contribution is 5.16. The molecule has 5 heteroatoms. The maximum Gasteiger partial charge on any atom is 0.151 e. The van der Waals surface area contributed by atoms with Gasteiger partial charge in [0.15, 0.2) is 5.82 Å². The van der Waals surface area contributed by atoms with E-state index in [0.717, 1.165) is 37.4 Å². The summed E-state index contributed by atoms with van der Waals surface area (Å²) in [6.07, 6.45) is 7.54. The first-order chi connectivity index (χ1) is 9.36. The summed E-state index contributed by atoms with van der Waals surface area (Å²) in [4.78, 5) is 8.75. The Morgan fingerprint density at radius 2 is 1.95 bits per heavy atom.